The van der Waals surface area contributed by atoms with Crippen LogP contribution in [0.15, 0.2) is 42.6 Å². The molecule has 1 aromatic carbocycles. The molecule has 2 aromatic rings. The number of esters is 1. The third-order valence-electron chi connectivity index (χ3n) is 3.30. The minimum absolute atomic E-state index is 0.251. The Labute approximate surface area is 134 Å². The van der Waals surface area contributed by atoms with E-state index in [4.69, 9.17) is 16.3 Å². The normalized spacial score (nSPS) is 12.0. The minimum atomic E-state index is -0.332. The monoisotopic (exact) mass is 321 g/mol. The van der Waals surface area contributed by atoms with Gasteiger partial charge in [-0.25, -0.2) is 9.37 Å². The lowest BCUT2D eigenvalue weighted by Crippen LogP contribution is -2.11. The average Bonchev–Trinajstić information content (AvgIpc) is 2.52. The van der Waals surface area contributed by atoms with Gasteiger partial charge in [0.25, 0.3) is 0 Å². The number of benzene rings is 1. The molecule has 1 heterocycles. The van der Waals surface area contributed by atoms with Gasteiger partial charge in [-0.3, -0.25) is 4.79 Å². The molecule has 2 rings (SSSR count). The molecule has 116 valence electrons. The zero-order valence-corrected chi connectivity index (χ0v) is 13.0. The Morgan fingerprint density at radius 1 is 1.32 bits per heavy atom. The number of pyridine rings is 1. The maximum atomic E-state index is 12.8. The fraction of sp³-hybridized carbons (Fsp3) is 0.294. The summed E-state index contributed by atoms with van der Waals surface area (Å²) in [5.74, 6) is -0.573. The van der Waals surface area contributed by atoms with Crippen LogP contribution in [0.3, 0.4) is 0 Å². The topological polar surface area (TPSA) is 39.2 Å². The van der Waals surface area contributed by atoms with Gasteiger partial charge < -0.3 is 4.74 Å². The van der Waals surface area contributed by atoms with Crippen molar-refractivity contribution in [2.24, 2.45) is 0 Å². The number of carbonyl (C=O) groups excluding carboxylic acids is 1. The molecular formula is C17H17ClFNO2. The average molecular weight is 322 g/mol. The van der Waals surface area contributed by atoms with Crippen molar-refractivity contribution in [3.05, 3.63) is 64.7 Å². The number of halogens is 2. The first-order chi connectivity index (χ1) is 10.6. The van der Waals surface area contributed by atoms with Crippen molar-refractivity contribution in [1.82, 2.24) is 4.98 Å². The molecule has 0 aliphatic rings. The standard InChI is InChI=1S/C17H17ClFNO2/c1-2-15(13-9-10-20-16(18)11-13)22-17(21)8-5-12-3-6-14(19)7-4-12/h3-4,6-7,9-11,15H,2,5,8H2,1H3. The summed E-state index contributed by atoms with van der Waals surface area (Å²) in [6, 6.07) is 9.59. The number of hydrogen-bond acceptors (Lipinski definition) is 3. The third kappa shape index (κ3) is 4.81. The minimum Gasteiger partial charge on any atom is -0.457 e. The molecule has 0 spiro atoms. The second kappa shape index (κ2) is 7.90. The van der Waals surface area contributed by atoms with Gasteiger partial charge in [-0.2, -0.15) is 0 Å². The van der Waals surface area contributed by atoms with Crippen LogP contribution in [-0.2, 0) is 16.0 Å². The highest BCUT2D eigenvalue weighted by Crippen LogP contribution is 2.23. The third-order valence-corrected chi connectivity index (χ3v) is 3.50. The lowest BCUT2D eigenvalue weighted by molar-refractivity contribution is -0.149. The van der Waals surface area contributed by atoms with Crippen molar-refractivity contribution in [2.45, 2.75) is 32.3 Å². The van der Waals surface area contributed by atoms with E-state index in [-0.39, 0.29) is 24.3 Å². The molecule has 22 heavy (non-hydrogen) atoms. The van der Waals surface area contributed by atoms with Gasteiger partial charge >= 0.3 is 5.97 Å². The number of ether oxygens (including phenoxy) is 1. The number of hydrogen-bond donors (Lipinski definition) is 0. The molecule has 1 unspecified atom stereocenters. The number of nitrogens with zero attached hydrogens (tertiary/aromatic N) is 1. The smallest absolute Gasteiger partial charge is 0.306 e. The van der Waals surface area contributed by atoms with E-state index in [0.29, 0.717) is 18.0 Å². The van der Waals surface area contributed by atoms with Crippen LogP contribution in [0, 0.1) is 5.82 Å². The molecule has 0 saturated carbocycles. The van der Waals surface area contributed by atoms with Crippen molar-refractivity contribution >= 4 is 17.6 Å². The fourth-order valence-electron chi connectivity index (χ4n) is 2.12. The second-order valence-corrected chi connectivity index (χ2v) is 5.31. The maximum Gasteiger partial charge on any atom is 0.306 e. The summed E-state index contributed by atoms with van der Waals surface area (Å²) >= 11 is 5.85. The Bertz CT molecular complexity index is 631. The summed E-state index contributed by atoms with van der Waals surface area (Å²) < 4.78 is 18.3. The predicted molar refractivity (Wildman–Crippen MR) is 83.1 cm³/mol. The summed E-state index contributed by atoms with van der Waals surface area (Å²) in [5.41, 5.74) is 1.73. The van der Waals surface area contributed by atoms with Gasteiger partial charge in [-0.05, 0) is 48.2 Å². The van der Waals surface area contributed by atoms with E-state index in [2.05, 4.69) is 4.98 Å². The van der Waals surface area contributed by atoms with Crippen molar-refractivity contribution < 1.29 is 13.9 Å². The first kappa shape index (κ1) is 16.4. The molecule has 0 aliphatic carbocycles. The lowest BCUT2D eigenvalue weighted by atomic mass is 10.1. The van der Waals surface area contributed by atoms with Crippen LogP contribution in [0.4, 0.5) is 4.39 Å². The summed E-state index contributed by atoms with van der Waals surface area (Å²) in [4.78, 5) is 15.9. The van der Waals surface area contributed by atoms with Crippen LogP contribution >= 0.6 is 11.6 Å². The van der Waals surface area contributed by atoms with Crippen molar-refractivity contribution in [2.75, 3.05) is 0 Å². The van der Waals surface area contributed by atoms with E-state index in [1.165, 1.54) is 12.1 Å². The Balaban J connectivity index is 1.90. The number of aromatic nitrogens is 1. The molecule has 0 radical (unpaired) electrons. The molecule has 0 amide bonds. The van der Waals surface area contributed by atoms with E-state index in [1.54, 1.807) is 30.5 Å². The molecule has 1 atom stereocenters. The van der Waals surface area contributed by atoms with E-state index in [9.17, 15) is 9.18 Å². The Kier molecular flexibility index (Phi) is 5.90. The van der Waals surface area contributed by atoms with Gasteiger partial charge in [-0.15, -0.1) is 0 Å². The second-order valence-electron chi connectivity index (χ2n) is 4.93. The fourth-order valence-corrected chi connectivity index (χ4v) is 2.30. The molecule has 0 bridgehead atoms. The summed E-state index contributed by atoms with van der Waals surface area (Å²) in [7, 11) is 0. The lowest BCUT2D eigenvalue weighted by Gasteiger charge is -2.16. The molecule has 0 saturated heterocycles. The van der Waals surface area contributed by atoms with Gasteiger partial charge in [0.15, 0.2) is 0 Å². The Morgan fingerprint density at radius 2 is 2.05 bits per heavy atom. The zero-order chi connectivity index (χ0) is 15.9. The zero-order valence-electron chi connectivity index (χ0n) is 12.3. The van der Waals surface area contributed by atoms with E-state index in [1.807, 2.05) is 6.92 Å². The Morgan fingerprint density at radius 3 is 2.68 bits per heavy atom. The number of rotatable bonds is 6. The van der Waals surface area contributed by atoms with Crippen LogP contribution < -0.4 is 0 Å². The van der Waals surface area contributed by atoms with Crippen LogP contribution in [0.1, 0.15) is 37.0 Å². The van der Waals surface area contributed by atoms with E-state index < -0.39 is 0 Å². The van der Waals surface area contributed by atoms with Crippen LogP contribution in [0.2, 0.25) is 5.15 Å². The highest BCUT2D eigenvalue weighted by Gasteiger charge is 2.15. The molecule has 3 nitrogen and oxygen atoms in total. The van der Waals surface area contributed by atoms with Crippen molar-refractivity contribution in [3.63, 3.8) is 0 Å². The van der Waals surface area contributed by atoms with Crippen LogP contribution in [0.25, 0.3) is 0 Å². The summed E-state index contributed by atoms with van der Waals surface area (Å²) in [6.45, 7) is 1.94. The van der Waals surface area contributed by atoms with Gasteiger partial charge in [0.2, 0.25) is 0 Å². The largest absolute Gasteiger partial charge is 0.457 e. The van der Waals surface area contributed by atoms with Crippen molar-refractivity contribution in [1.29, 1.82) is 0 Å². The molecule has 5 heteroatoms. The first-order valence-electron chi connectivity index (χ1n) is 7.14. The van der Waals surface area contributed by atoms with Crippen LogP contribution in [0.5, 0.6) is 0 Å². The highest BCUT2D eigenvalue weighted by molar-refractivity contribution is 6.29. The highest BCUT2D eigenvalue weighted by atomic mass is 35.5. The van der Waals surface area contributed by atoms with Crippen LogP contribution in [-0.4, -0.2) is 11.0 Å². The molecule has 0 aliphatic heterocycles. The first-order valence-corrected chi connectivity index (χ1v) is 7.51. The Hall–Kier alpha value is -1.94. The molecule has 1 aromatic heterocycles. The number of carbonyl (C=O) groups is 1. The van der Waals surface area contributed by atoms with Gasteiger partial charge in [0, 0.05) is 12.6 Å². The number of aryl methyl sites for hydroxylation is 1. The molecule has 0 N–H and O–H groups in total. The van der Waals surface area contributed by atoms with Gasteiger partial charge in [0.1, 0.15) is 17.1 Å². The molecule has 0 fully saturated rings. The SMILES string of the molecule is CCC(OC(=O)CCc1ccc(F)cc1)c1ccnc(Cl)c1. The van der Waals surface area contributed by atoms with Gasteiger partial charge in [0.05, 0.1) is 0 Å². The summed E-state index contributed by atoms with van der Waals surface area (Å²) in [5, 5.41) is 0.373. The predicted octanol–water partition coefficient (Wildman–Crippen LogP) is 4.50. The van der Waals surface area contributed by atoms with Crippen molar-refractivity contribution in [3.8, 4) is 0 Å². The van der Waals surface area contributed by atoms with E-state index in [0.717, 1.165) is 11.1 Å². The summed E-state index contributed by atoms with van der Waals surface area (Å²) in [6.07, 6.45) is 2.68. The quantitative estimate of drug-likeness (QED) is 0.581. The maximum absolute atomic E-state index is 12.8. The van der Waals surface area contributed by atoms with E-state index >= 15 is 0 Å². The van der Waals surface area contributed by atoms with Gasteiger partial charge in [-0.1, -0.05) is 30.7 Å². The molecular weight excluding hydrogens is 305 g/mol.